The number of rotatable bonds is 6. The average molecular weight is 276 g/mol. The number of carbonyl (C=O) groups is 1. The van der Waals surface area contributed by atoms with E-state index in [4.69, 9.17) is 4.52 Å². The van der Waals surface area contributed by atoms with Gasteiger partial charge in [0.25, 0.3) is 0 Å². The van der Waals surface area contributed by atoms with Crippen LogP contribution in [0.4, 0.5) is 5.82 Å². The van der Waals surface area contributed by atoms with Gasteiger partial charge in [-0.25, -0.2) is 0 Å². The SMILES string of the molecule is CCCc1cc(NC(=O)CCc2c(C)noc2C)n[nH]1. The lowest BCUT2D eigenvalue weighted by atomic mass is 10.1. The topological polar surface area (TPSA) is 83.8 Å². The molecule has 0 aromatic carbocycles. The van der Waals surface area contributed by atoms with E-state index in [9.17, 15) is 4.79 Å². The van der Waals surface area contributed by atoms with Crippen molar-refractivity contribution in [2.24, 2.45) is 0 Å². The second-order valence-electron chi connectivity index (χ2n) is 4.88. The molecule has 108 valence electrons. The number of aromatic nitrogens is 3. The molecule has 0 bridgehead atoms. The molecule has 2 N–H and O–H groups in total. The largest absolute Gasteiger partial charge is 0.361 e. The number of nitrogens with zero attached hydrogens (tertiary/aromatic N) is 2. The summed E-state index contributed by atoms with van der Waals surface area (Å²) in [6, 6.07) is 1.87. The summed E-state index contributed by atoms with van der Waals surface area (Å²) in [5.74, 6) is 1.30. The van der Waals surface area contributed by atoms with Crippen molar-refractivity contribution in [3.8, 4) is 0 Å². The maximum absolute atomic E-state index is 11.9. The molecule has 0 spiro atoms. The van der Waals surface area contributed by atoms with Crippen LogP contribution in [-0.2, 0) is 17.6 Å². The maximum atomic E-state index is 11.9. The Morgan fingerprint density at radius 3 is 2.85 bits per heavy atom. The molecule has 6 heteroatoms. The third kappa shape index (κ3) is 3.46. The molecule has 0 fully saturated rings. The lowest BCUT2D eigenvalue weighted by Gasteiger charge is -2.01. The van der Waals surface area contributed by atoms with Crippen LogP contribution in [0.25, 0.3) is 0 Å². The fourth-order valence-electron chi connectivity index (χ4n) is 2.13. The highest BCUT2D eigenvalue weighted by atomic mass is 16.5. The lowest BCUT2D eigenvalue weighted by Crippen LogP contribution is -2.12. The highest BCUT2D eigenvalue weighted by molar-refractivity contribution is 5.89. The van der Waals surface area contributed by atoms with Crippen LogP contribution in [0.5, 0.6) is 0 Å². The van der Waals surface area contributed by atoms with Crippen LogP contribution in [0.2, 0.25) is 0 Å². The van der Waals surface area contributed by atoms with Crippen molar-refractivity contribution >= 4 is 11.7 Å². The lowest BCUT2D eigenvalue weighted by molar-refractivity contribution is -0.116. The Morgan fingerprint density at radius 1 is 1.40 bits per heavy atom. The normalized spacial score (nSPS) is 10.8. The summed E-state index contributed by atoms with van der Waals surface area (Å²) in [5.41, 5.74) is 2.89. The first-order valence-corrected chi connectivity index (χ1v) is 6.86. The minimum absolute atomic E-state index is 0.0560. The van der Waals surface area contributed by atoms with Crippen molar-refractivity contribution < 1.29 is 9.32 Å². The zero-order chi connectivity index (χ0) is 14.5. The third-order valence-corrected chi connectivity index (χ3v) is 3.20. The van der Waals surface area contributed by atoms with Crippen molar-refractivity contribution in [1.82, 2.24) is 15.4 Å². The maximum Gasteiger partial charge on any atom is 0.225 e. The van der Waals surface area contributed by atoms with Gasteiger partial charge in [0.05, 0.1) is 5.69 Å². The van der Waals surface area contributed by atoms with Crippen LogP contribution in [-0.4, -0.2) is 21.3 Å². The Hall–Kier alpha value is -2.11. The number of amides is 1. The summed E-state index contributed by atoms with van der Waals surface area (Å²) < 4.78 is 5.08. The number of hydrogen-bond acceptors (Lipinski definition) is 4. The summed E-state index contributed by atoms with van der Waals surface area (Å²) >= 11 is 0. The van der Waals surface area contributed by atoms with Gasteiger partial charge >= 0.3 is 0 Å². The van der Waals surface area contributed by atoms with E-state index in [-0.39, 0.29) is 5.91 Å². The number of H-pyrrole nitrogens is 1. The van der Waals surface area contributed by atoms with Crippen molar-refractivity contribution in [2.75, 3.05) is 5.32 Å². The average Bonchev–Trinajstić information content (AvgIpc) is 2.96. The smallest absolute Gasteiger partial charge is 0.225 e. The molecule has 2 aromatic heterocycles. The molecule has 2 heterocycles. The highest BCUT2D eigenvalue weighted by Gasteiger charge is 2.12. The standard InChI is InChI=1S/C14H20N4O2/c1-4-5-11-8-13(17-16-11)15-14(19)7-6-12-9(2)18-20-10(12)3/h8H,4-7H2,1-3H3,(H2,15,16,17,19). The number of anilines is 1. The van der Waals surface area contributed by atoms with Crippen molar-refractivity contribution in [3.63, 3.8) is 0 Å². The summed E-state index contributed by atoms with van der Waals surface area (Å²) in [6.45, 7) is 5.84. The van der Waals surface area contributed by atoms with Gasteiger partial charge in [-0.1, -0.05) is 18.5 Å². The fourth-order valence-corrected chi connectivity index (χ4v) is 2.13. The molecule has 0 saturated carbocycles. The van der Waals surface area contributed by atoms with Crippen LogP contribution in [0.1, 0.15) is 42.5 Å². The molecule has 0 aliphatic heterocycles. The van der Waals surface area contributed by atoms with E-state index >= 15 is 0 Å². The third-order valence-electron chi connectivity index (χ3n) is 3.20. The number of carbonyl (C=O) groups excluding carboxylic acids is 1. The Balaban J connectivity index is 1.86. The number of aryl methyl sites for hydroxylation is 3. The summed E-state index contributed by atoms with van der Waals surface area (Å²) in [6.07, 6.45) is 2.99. The highest BCUT2D eigenvalue weighted by Crippen LogP contribution is 2.15. The predicted molar refractivity (Wildman–Crippen MR) is 75.5 cm³/mol. The molecule has 0 aliphatic rings. The molecule has 2 aromatic rings. The molecular weight excluding hydrogens is 256 g/mol. The second kappa shape index (κ2) is 6.36. The van der Waals surface area contributed by atoms with Gasteiger partial charge in [-0.15, -0.1) is 0 Å². The van der Waals surface area contributed by atoms with Gasteiger partial charge in [-0.05, 0) is 26.7 Å². The van der Waals surface area contributed by atoms with Crippen molar-refractivity contribution in [1.29, 1.82) is 0 Å². The van der Waals surface area contributed by atoms with E-state index in [1.165, 1.54) is 0 Å². The van der Waals surface area contributed by atoms with Crippen LogP contribution in [0.3, 0.4) is 0 Å². The quantitative estimate of drug-likeness (QED) is 0.849. The molecule has 1 amide bonds. The van der Waals surface area contributed by atoms with Gasteiger partial charge in [0.1, 0.15) is 5.76 Å². The molecule has 6 nitrogen and oxygen atoms in total. The Bertz CT molecular complexity index is 566. The molecular formula is C14H20N4O2. The molecule has 0 atom stereocenters. The van der Waals surface area contributed by atoms with E-state index in [2.05, 4.69) is 27.6 Å². The van der Waals surface area contributed by atoms with Crippen LogP contribution < -0.4 is 5.32 Å². The van der Waals surface area contributed by atoms with E-state index in [1.807, 2.05) is 19.9 Å². The summed E-state index contributed by atoms with van der Waals surface area (Å²) in [5, 5.41) is 13.6. The Labute approximate surface area is 117 Å². The molecule has 0 aliphatic carbocycles. The van der Waals surface area contributed by atoms with E-state index in [0.29, 0.717) is 18.7 Å². The first-order valence-electron chi connectivity index (χ1n) is 6.86. The monoisotopic (exact) mass is 276 g/mol. The number of aromatic amines is 1. The van der Waals surface area contributed by atoms with Crippen LogP contribution in [0.15, 0.2) is 10.6 Å². The zero-order valence-electron chi connectivity index (χ0n) is 12.1. The first-order chi connectivity index (χ1) is 9.60. The van der Waals surface area contributed by atoms with Crippen LogP contribution in [0, 0.1) is 13.8 Å². The van der Waals surface area contributed by atoms with Gasteiger partial charge in [-0.3, -0.25) is 9.89 Å². The molecule has 0 saturated heterocycles. The van der Waals surface area contributed by atoms with E-state index in [1.54, 1.807) is 0 Å². The minimum Gasteiger partial charge on any atom is -0.361 e. The first kappa shape index (κ1) is 14.3. The summed E-state index contributed by atoms with van der Waals surface area (Å²) in [7, 11) is 0. The van der Waals surface area contributed by atoms with Gasteiger partial charge < -0.3 is 9.84 Å². The van der Waals surface area contributed by atoms with Gasteiger partial charge in [0.15, 0.2) is 5.82 Å². The molecule has 20 heavy (non-hydrogen) atoms. The minimum atomic E-state index is -0.0560. The molecule has 0 unspecified atom stereocenters. The van der Waals surface area contributed by atoms with E-state index < -0.39 is 0 Å². The fraction of sp³-hybridized carbons (Fsp3) is 0.500. The van der Waals surface area contributed by atoms with Gasteiger partial charge in [-0.2, -0.15) is 5.10 Å². The predicted octanol–water partition coefficient (Wildman–Crippen LogP) is 2.54. The number of nitrogens with one attached hydrogen (secondary N) is 2. The van der Waals surface area contributed by atoms with Crippen LogP contribution >= 0.6 is 0 Å². The van der Waals surface area contributed by atoms with E-state index in [0.717, 1.165) is 35.6 Å². The second-order valence-corrected chi connectivity index (χ2v) is 4.88. The van der Waals surface area contributed by atoms with Gasteiger partial charge in [0.2, 0.25) is 5.91 Å². The number of hydrogen-bond donors (Lipinski definition) is 2. The summed E-state index contributed by atoms with van der Waals surface area (Å²) in [4.78, 5) is 11.9. The molecule has 2 rings (SSSR count). The Morgan fingerprint density at radius 2 is 2.20 bits per heavy atom. The van der Waals surface area contributed by atoms with Crippen molar-refractivity contribution in [3.05, 3.63) is 28.8 Å². The zero-order valence-corrected chi connectivity index (χ0v) is 12.1. The van der Waals surface area contributed by atoms with Crippen molar-refractivity contribution in [2.45, 2.75) is 46.5 Å². The Kier molecular flexibility index (Phi) is 4.55. The van der Waals surface area contributed by atoms with Gasteiger partial charge in [0, 0.05) is 23.7 Å². The molecule has 0 radical (unpaired) electrons.